The van der Waals surface area contributed by atoms with Crippen LogP contribution >= 0.6 is 0 Å². The van der Waals surface area contributed by atoms with Gasteiger partial charge in [0.2, 0.25) is 5.89 Å². The lowest BCUT2D eigenvalue weighted by atomic mass is 10.0. The summed E-state index contributed by atoms with van der Waals surface area (Å²) in [5, 5.41) is 2.18. The number of oxazole rings is 1. The highest BCUT2D eigenvalue weighted by Crippen LogP contribution is 2.40. The van der Waals surface area contributed by atoms with E-state index in [1.807, 2.05) is 42.5 Å². The monoisotopic (exact) mass is 680 g/mol. The zero-order valence-electron chi connectivity index (χ0n) is 28.7. The normalized spacial score (nSPS) is 11.4. The number of rotatable bonds is 7. The summed E-state index contributed by atoms with van der Waals surface area (Å²) in [6, 6.07) is 67.6. The molecule has 0 spiro atoms. The van der Waals surface area contributed by atoms with Crippen molar-refractivity contribution in [2.45, 2.75) is 0 Å². The molecule has 2 aromatic heterocycles. The average Bonchev–Trinajstić information content (AvgIpc) is 3.84. The van der Waals surface area contributed by atoms with E-state index in [4.69, 9.17) is 13.8 Å². The summed E-state index contributed by atoms with van der Waals surface area (Å²) in [5.74, 6) is 0.565. The molecule has 0 saturated carbocycles. The van der Waals surface area contributed by atoms with Gasteiger partial charge in [-0.05, 0) is 94.5 Å². The van der Waals surface area contributed by atoms with Gasteiger partial charge in [0.1, 0.15) is 16.7 Å². The molecule has 0 aliphatic heterocycles. The number of benzene rings is 8. The molecule has 0 N–H and O–H groups in total. The maximum absolute atomic E-state index is 6.35. The Morgan fingerprint density at radius 1 is 0.340 bits per heavy atom. The van der Waals surface area contributed by atoms with E-state index in [2.05, 4.69) is 157 Å². The fraction of sp³-hybridized carbons (Fsp3) is 0. The average molecular weight is 681 g/mol. The fourth-order valence-electron chi connectivity index (χ4n) is 7.29. The minimum absolute atomic E-state index is 0.565. The summed E-state index contributed by atoms with van der Waals surface area (Å²) in [6.45, 7) is 0. The predicted octanol–water partition coefficient (Wildman–Crippen LogP) is 13.9. The number of para-hydroxylation sites is 2. The van der Waals surface area contributed by atoms with Crippen LogP contribution in [0.4, 0.5) is 17.1 Å². The molecule has 10 aromatic rings. The molecule has 8 aromatic carbocycles. The zero-order valence-corrected chi connectivity index (χ0v) is 28.7. The van der Waals surface area contributed by atoms with Crippen LogP contribution < -0.4 is 4.90 Å². The van der Waals surface area contributed by atoms with Crippen molar-refractivity contribution in [3.05, 3.63) is 194 Å². The molecule has 0 aliphatic rings. The van der Waals surface area contributed by atoms with Gasteiger partial charge in [-0.1, -0.05) is 127 Å². The largest absolute Gasteiger partial charge is 0.456 e. The Balaban J connectivity index is 1.02. The van der Waals surface area contributed by atoms with Gasteiger partial charge in [-0.25, -0.2) is 4.98 Å². The quantitative estimate of drug-likeness (QED) is 0.168. The Bertz CT molecular complexity index is 2870. The van der Waals surface area contributed by atoms with Gasteiger partial charge < -0.3 is 13.7 Å². The summed E-state index contributed by atoms with van der Waals surface area (Å²) in [6.07, 6.45) is 0. The summed E-state index contributed by atoms with van der Waals surface area (Å²) in [4.78, 5) is 7.34. The summed E-state index contributed by atoms with van der Waals surface area (Å²) < 4.78 is 12.5. The molecule has 0 atom stereocenters. The van der Waals surface area contributed by atoms with E-state index >= 15 is 0 Å². The van der Waals surface area contributed by atoms with Crippen molar-refractivity contribution in [2.75, 3.05) is 4.90 Å². The van der Waals surface area contributed by atoms with Crippen LogP contribution in [0.3, 0.4) is 0 Å². The third-order valence-electron chi connectivity index (χ3n) is 9.93. The maximum Gasteiger partial charge on any atom is 0.227 e. The van der Waals surface area contributed by atoms with Crippen molar-refractivity contribution in [3.63, 3.8) is 0 Å². The van der Waals surface area contributed by atoms with Crippen LogP contribution in [0.5, 0.6) is 0 Å². The maximum atomic E-state index is 6.35. The molecule has 0 fully saturated rings. The van der Waals surface area contributed by atoms with Crippen molar-refractivity contribution in [3.8, 4) is 44.8 Å². The van der Waals surface area contributed by atoms with E-state index in [9.17, 15) is 0 Å². The number of anilines is 3. The molecule has 0 saturated heterocycles. The van der Waals surface area contributed by atoms with Gasteiger partial charge in [-0.3, -0.25) is 0 Å². The Morgan fingerprint density at radius 3 is 1.66 bits per heavy atom. The first-order valence-corrected chi connectivity index (χ1v) is 17.8. The third kappa shape index (κ3) is 5.63. The highest BCUT2D eigenvalue weighted by molar-refractivity contribution is 6.06. The SMILES string of the molecule is c1ccc(-c2ccc(N(c3ccc(-c4cccc5oc(-c6ccc7c(c6)oc6ccccc67)nc45)cc3)c3cccc(-c4ccccc4)c3)cc2)cc1. The number of hydrogen-bond acceptors (Lipinski definition) is 4. The second kappa shape index (κ2) is 12.9. The van der Waals surface area contributed by atoms with Crippen LogP contribution in [-0.2, 0) is 0 Å². The van der Waals surface area contributed by atoms with Crippen molar-refractivity contribution >= 4 is 50.1 Å². The number of nitrogens with zero attached hydrogens (tertiary/aromatic N) is 2. The summed E-state index contributed by atoms with van der Waals surface area (Å²) in [5.41, 5.74) is 14.1. The molecule has 4 nitrogen and oxygen atoms in total. The van der Waals surface area contributed by atoms with Crippen molar-refractivity contribution in [2.24, 2.45) is 0 Å². The standard InChI is InChI=1S/C49H32N2O2/c1-3-11-33(12-4-1)35-21-26-39(27-22-35)51(41-16-9-15-37(31-41)34-13-5-2-6-14-34)40-28-23-36(24-29-40)42-18-10-20-46-48(42)50-49(53-46)38-25-30-44-43-17-7-8-19-45(43)52-47(44)32-38/h1-32H. The van der Waals surface area contributed by atoms with Crippen molar-refractivity contribution < 1.29 is 8.83 Å². The van der Waals surface area contributed by atoms with Gasteiger partial charge in [-0.2, -0.15) is 0 Å². The van der Waals surface area contributed by atoms with E-state index in [-0.39, 0.29) is 0 Å². The first-order valence-electron chi connectivity index (χ1n) is 17.8. The van der Waals surface area contributed by atoms with Gasteiger partial charge >= 0.3 is 0 Å². The lowest BCUT2D eigenvalue weighted by molar-refractivity contribution is 0.619. The van der Waals surface area contributed by atoms with E-state index in [1.165, 1.54) is 22.3 Å². The molecule has 10 rings (SSSR count). The molecule has 250 valence electrons. The van der Waals surface area contributed by atoms with Crippen LogP contribution in [0.15, 0.2) is 203 Å². The van der Waals surface area contributed by atoms with Gasteiger partial charge in [0.15, 0.2) is 5.58 Å². The third-order valence-corrected chi connectivity index (χ3v) is 9.93. The first-order chi connectivity index (χ1) is 26.2. The number of fused-ring (bicyclic) bond motifs is 4. The minimum Gasteiger partial charge on any atom is -0.456 e. The molecule has 2 heterocycles. The molecule has 0 radical (unpaired) electrons. The molecular weight excluding hydrogens is 649 g/mol. The molecule has 0 bridgehead atoms. The second-order valence-corrected chi connectivity index (χ2v) is 13.2. The van der Waals surface area contributed by atoms with E-state index < -0.39 is 0 Å². The lowest BCUT2D eigenvalue weighted by Crippen LogP contribution is -2.10. The molecule has 4 heteroatoms. The summed E-state index contributed by atoms with van der Waals surface area (Å²) in [7, 11) is 0. The lowest BCUT2D eigenvalue weighted by Gasteiger charge is -2.26. The van der Waals surface area contributed by atoms with Crippen molar-refractivity contribution in [1.29, 1.82) is 0 Å². The van der Waals surface area contributed by atoms with Crippen LogP contribution in [0.25, 0.3) is 77.9 Å². The van der Waals surface area contributed by atoms with Gasteiger partial charge in [-0.15, -0.1) is 0 Å². The van der Waals surface area contributed by atoms with Gasteiger partial charge in [0, 0.05) is 39.0 Å². The zero-order chi connectivity index (χ0) is 35.1. The van der Waals surface area contributed by atoms with Crippen LogP contribution in [-0.4, -0.2) is 4.98 Å². The van der Waals surface area contributed by atoms with Gasteiger partial charge in [0.25, 0.3) is 0 Å². The number of aromatic nitrogens is 1. The predicted molar refractivity (Wildman–Crippen MR) is 218 cm³/mol. The van der Waals surface area contributed by atoms with E-state index in [1.54, 1.807) is 0 Å². The summed E-state index contributed by atoms with van der Waals surface area (Å²) >= 11 is 0. The highest BCUT2D eigenvalue weighted by atomic mass is 16.3. The van der Waals surface area contributed by atoms with E-state index in [0.29, 0.717) is 5.89 Å². The van der Waals surface area contributed by atoms with Crippen LogP contribution in [0, 0.1) is 0 Å². The van der Waals surface area contributed by atoms with E-state index in [0.717, 1.165) is 66.8 Å². The fourth-order valence-corrected chi connectivity index (χ4v) is 7.29. The Labute approximate surface area is 306 Å². The first kappa shape index (κ1) is 30.6. The molecule has 0 aliphatic carbocycles. The molecule has 0 amide bonds. The molecule has 53 heavy (non-hydrogen) atoms. The smallest absolute Gasteiger partial charge is 0.227 e. The van der Waals surface area contributed by atoms with Gasteiger partial charge in [0.05, 0.1) is 0 Å². The van der Waals surface area contributed by atoms with Crippen molar-refractivity contribution in [1.82, 2.24) is 4.98 Å². The Morgan fingerprint density at radius 2 is 0.906 bits per heavy atom. The Kier molecular flexibility index (Phi) is 7.43. The van der Waals surface area contributed by atoms with Crippen LogP contribution in [0.1, 0.15) is 0 Å². The second-order valence-electron chi connectivity index (χ2n) is 13.2. The highest BCUT2D eigenvalue weighted by Gasteiger charge is 2.17. The number of hydrogen-bond donors (Lipinski definition) is 0. The molecule has 0 unspecified atom stereocenters. The number of furan rings is 1. The minimum atomic E-state index is 0.565. The Hall–Kier alpha value is -7.17. The molecular formula is C49H32N2O2. The topological polar surface area (TPSA) is 42.4 Å². The van der Waals surface area contributed by atoms with Crippen LogP contribution in [0.2, 0.25) is 0 Å².